The van der Waals surface area contributed by atoms with Crippen molar-refractivity contribution in [3.63, 3.8) is 0 Å². The molecule has 0 radical (unpaired) electrons. The van der Waals surface area contributed by atoms with Crippen molar-refractivity contribution in [2.75, 3.05) is 6.54 Å². The highest BCUT2D eigenvalue weighted by Gasteiger charge is 2.35. The van der Waals surface area contributed by atoms with E-state index in [0.717, 1.165) is 42.5 Å². The van der Waals surface area contributed by atoms with E-state index in [4.69, 9.17) is 22.3 Å². The van der Waals surface area contributed by atoms with Gasteiger partial charge in [-0.3, -0.25) is 0 Å². The lowest BCUT2D eigenvalue weighted by Gasteiger charge is -2.26. The Labute approximate surface area is 160 Å². The maximum absolute atomic E-state index is 6.22. The fraction of sp³-hybridized carbons (Fsp3) is 0.409. The Morgan fingerprint density at radius 1 is 1.08 bits per heavy atom. The van der Waals surface area contributed by atoms with Crippen molar-refractivity contribution in [1.29, 1.82) is 0 Å². The van der Waals surface area contributed by atoms with E-state index in [9.17, 15) is 0 Å². The molecule has 0 amide bonds. The molecule has 2 aromatic carbocycles. The molecule has 3 nitrogen and oxygen atoms in total. The second-order valence-corrected chi connectivity index (χ2v) is 7.92. The molecule has 26 heavy (non-hydrogen) atoms. The van der Waals surface area contributed by atoms with Gasteiger partial charge in [0.2, 0.25) is 0 Å². The van der Waals surface area contributed by atoms with Crippen LogP contribution in [-0.2, 0) is 13.0 Å². The van der Waals surface area contributed by atoms with Crippen molar-refractivity contribution >= 4 is 23.1 Å². The van der Waals surface area contributed by atoms with Gasteiger partial charge in [-0.05, 0) is 73.0 Å². The molecule has 1 heterocycles. The number of nitrogens with one attached hydrogen (secondary N) is 1. The van der Waals surface area contributed by atoms with Gasteiger partial charge in [-0.15, -0.1) is 0 Å². The Kier molecular flexibility index (Phi) is 5.28. The minimum absolute atomic E-state index is 0.476. The predicted molar refractivity (Wildman–Crippen MR) is 109 cm³/mol. The minimum Gasteiger partial charge on any atom is -0.387 e. The number of aliphatic imine (C=N–C) groups is 1. The Balaban J connectivity index is 1.31. The van der Waals surface area contributed by atoms with Crippen LogP contribution in [0, 0.1) is 5.92 Å². The summed E-state index contributed by atoms with van der Waals surface area (Å²) in [5.41, 5.74) is 11.3. The van der Waals surface area contributed by atoms with Gasteiger partial charge in [0.1, 0.15) is 5.84 Å². The molecule has 2 aromatic rings. The third kappa shape index (κ3) is 3.79. The standard InChI is InChI=1S/C22H26ClN3/c23-17-6-1-4-16(12-17)14-25-11-3-5-15-9-10-19-18-7-2-8-20(18)22(24)26-21(19)13-15/h1,4,6,9-10,12-13,18,20,25H,2-3,5,7-8,11,14H2,(H2,24,26)/t18-,20-/m1/s1. The zero-order valence-electron chi connectivity index (χ0n) is 15.0. The zero-order valence-corrected chi connectivity index (χ0v) is 15.8. The third-order valence-electron chi connectivity index (χ3n) is 5.68. The number of hydrogen-bond acceptors (Lipinski definition) is 3. The number of halogens is 1. The van der Waals surface area contributed by atoms with Crippen LogP contribution in [-0.4, -0.2) is 12.4 Å². The average molecular weight is 368 g/mol. The molecule has 4 heteroatoms. The number of amidine groups is 1. The van der Waals surface area contributed by atoms with Gasteiger partial charge in [0.05, 0.1) is 5.69 Å². The van der Waals surface area contributed by atoms with Crippen molar-refractivity contribution in [3.05, 3.63) is 64.2 Å². The largest absolute Gasteiger partial charge is 0.387 e. The van der Waals surface area contributed by atoms with Crippen molar-refractivity contribution in [2.45, 2.75) is 44.6 Å². The fourth-order valence-electron chi connectivity index (χ4n) is 4.36. The third-order valence-corrected chi connectivity index (χ3v) is 5.91. The second kappa shape index (κ2) is 7.81. The maximum atomic E-state index is 6.22. The molecule has 1 aliphatic heterocycles. The molecule has 0 spiro atoms. The molecule has 1 saturated carbocycles. The first-order valence-electron chi connectivity index (χ1n) is 9.63. The van der Waals surface area contributed by atoms with E-state index >= 15 is 0 Å². The zero-order chi connectivity index (χ0) is 17.9. The maximum Gasteiger partial charge on any atom is 0.103 e. The Morgan fingerprint density at radius 2 is 1.96 bits per heavy atom. The quantitative estimate of drug-likeness (QED) is 0.710. The summed E-state index contributed by atoms with van der Waals surface area (Å²) >= 11 is 6.02. The summed E-state index contributed by atoms with van der Waals surface area (Å²) in [6.07, 6.45) is 5.87. The van der Waals surface area contributed by atoms with Crippen LogP contribution in [0.4, 0.5) is 5.69 Å². The van der Waals surface area contributed by atoms with Crippen molar-refractivity contribution < 1.29 is 0 Å². The number of hydrogen-bond donors (Lipinski definition) is 2. The number of nitrogens with zero attached hydrogens (tertiary/aromatic N) is 1. The van der Waals surface area contributed by atoms with Crippen molar-refractivity contribution in [1.82, 2.24) is 5.32 Å². The molecule has 136 valence electrons. The molecule has 4 rings (SSSR count). The van der Waals surface area contributed by atoms with Crippen LogP contribution >= 0.6 is 11.6 Å². The summed E-state index contributed by atoms with van der Waals surface area (Å²) in [7, 11) is 0. The Hall–Kier alpha value is -1.84. The monoisotopic (exact) mass is 367 g/mol. The summed E-state index contributed by atoms with van der Waals surface area (Å²) in [4.78, 5) is 4.71. The first-order valence-corrected chi connectivity index (χ1v) is 10.0. The van der Waals surface area contributed by atoms with E-state index in [1.807, 2.05) is 18.2 Å². The molecule has 2 aliphatic rings. The van der Waals surface area contributed by atoms with Crippen LogP contribution < -0.4 is 11.1 Å². The SMILES string of the molecule is NC1=Nc2cc(CCCNCc3cccc(Cl)c3)ccc2[C@H]2CCC[C@@H]12. The van der Waals surface area contributed by atoms with E-state index < -0.39 is 0 Å². The van der Waals surface area contributed by atoms with Gasteiger partial charge in [-0.1, -0.05) is 42.3 Å². The first kappa shape index (κ1) is 17.6. The van der Waals surface area contributed by atoms with Crippen LogP contribution in [0.2, 0.25) is 5.02 Å². The Morgan fingerprint density at radius 3 is 2.85 bits per heavy atom. The van der Waals surface area contributed by atoms with E-state index in [-0.39, 0.29) is 0 Å². The smallest absolute Gasteiger partial charge is 0.103 e. The molecule has 1 fully saturated rings. The summed E-state index contributed by atoms with van der Waals surface area (Å²) in [5.74, 6) is 1.92. The number of fused-ring (bicyclic) bond motifs is 3. The van der Waals surface area contributed by atoms with Gasteiger partial charge < -0.3 is 11.1 Å². The van der Waals surface area contributed by atoms with Gasteiger partial charge >= 0.3 is 0 Å². The number of aryl methyl sites for hydroxylation is 1. The number of nitrogens with two attached hydrogens (primary N) is 1. The molecular weight excluding hydrogens is 342 g/mol. The highest BCUT2D eigenvalue weighted by molar-refractivity contribution is 6.30. The average Bonchev–Trinajstić information content (AvgIpc) is 3.12. The lowest BCUT2D eigenvalue weighted by atomic mass is 9.84. The molecule has 0 saturated heterocycles. The van der Waals surface area contributed by atoms with Crippen LogP contribution in [0.3, 0.4) is 0 Å². The highest BCUT2D eigenvalue weighted by atomic mass is 35.5. The van der Waals surface area contributed by atoms with E-state index in [0.29, 0.717) is 11.8 Å². The van der Waals surface area contributed by atoms with Crippen molar-refractivity contribution in [3.8, 4) is 0 Å². The van der Waals surface area contributed by atoms with Crippen molar-refractivity contribution in [2.24, 2.45) is 16.6 Å². The summed E-state index contributed by atoms with van der Waals surface area (Å²) in [6, 6.07) is 14.8. The van der Waals surface area contributed by atoms with E-state index in [2.05, 4.69) is 29.6 Å². The lowest BCUT2D eigenvalue weighted by molar-refractivity contribution is 0.609. The fourth-order valence-corrected chi connectivity index (χ4v) is 4.57. The predicted octanol–water partition coefficient (Wildman–Crippen LogP) is 4.95. The number of benzene rings is 2. The molecule has 1 aliphatic carbocycles. The molecular formula is C22H26ClN3. The molecule has 2 atom stereocenters. The highest BCUT2D eigenvalue weighted by Crippen LogP contribution is 2.46. The normalized spacial score (nSPS) is 21.2. The van der Waals surface area contributed by atoms with Gasteiger partial charge in [0.25, 0.3) is 0 Å². The summed E-state index contributed by atoms with van der Waals surface area (Å²) in [6.45, 7) is 1.84. The molecule has 0 bridgehead atoms. The van der Waals surface area contributed by atoms with Gasteiger partial charge in [-0.2, -0.15) is 0 Å². The van der Waals surface area contributed by atoms with Crippen LogP contribution in [0.5, 0.6) is 0 Å². The van der Waals surface area contributed by atoms with Crippen LogP contribution in [0.1, 0.15) is 48.3 Å². The Bertz CT molecular complexity index is 815. The lowest BCUT2D eigenvalue weighted by Crippen LogP contribution is -2.28. The molecule has 0 unspecified atom stereocenters. The topological polar surface area (TPSA) is 50.4 Å². The second-order valence-electron chi connectivity index (χ2n) is 7.48. The van der Waals surface area contributed by atoms with Crippen LogP contribution in [0.15, 0.2) is 47.5 Å². The summed E-state index contributed by atoms with van der Waals surface area (Å²) < 4.78 is 0. The number of rotatable bonds is 6. The van der Waals surface area contributed by atoms with E-state index in [1.54, 1.807) is 0 Å². The molecule has 0 aromatic heterocycles. The minimum atomic E-state index is 0.476. The summed E-state index contributed by atoms with van der Waals surface area (Å²) in [5, 5.41) is 4.29. The molecule has 3 N–H and O–H groups in total. The van der Waals surface area contributed by atoms with E-state index in [1.165, 1.54) is 36.0 Å². The van der Waals surface area contributed by atoms with Crippen LogP contribution in [0.25, 0.3) is 0 Å². The van der Waals surface area contributed by atoms with Gasteiger partial charge in [-0.25, -0.2) is 4.99 Å². The first-order chi connectivity index (χ1) is 12.7. The van der Waals surface area contributed by atoms with Gasteiger partial charge in [0.15, 0.2) is 0 Å². The van der Waals surface area contributed by atoms with Gasteiger partial charge in [0, 0.05) is 17.5 Å².